The van der Waals surface area contributed by atoms with Crippen LogP contribution in [0.2, 0.25) is 0 Å². The van der Waals surface area contributed by atoms with E-state index in [1.54, 1.807) is 11.3 Å². The van der Waals surface area contributed by atoms with Crippen LogP contribution >= 0.6 is 11.3 Å². The molecule has 0 amide bonds. The average Bonchev–Trinajstić information content (AvgIpc) is 2.92. The van der Waals surface area contributed by atoms with E-state index in [0.29, 0.717) is 0 Å². The minimum atomic E-state index is 0.933. The number of likely N-dealkylation sites (N-methyl/N-ethyl adjacent to an activating group) is 1. The third kappa shape index (κ3) is 5.77. The molecule has 1 rings (SSSR count). The molecule has 0 spiro atoms. The van der Waals surface area contributed by atoms with E-state index in [2.05, 4.69) is 47.8 Å². The van der Waals surface area contributed by atoms with Gasteiger partial charge in [-0.05, 0) is 33.4 Å². The minimum Gasteiger partial charge on any atom is -0.349 e. The van der Waals surface area contributed by atoms with Crippen LogP contribution in [0.15, 0.2) is 6.20 Å². The molecule has 0 unspecified atom stereocenters. The molecule has 0 aromatic carbocycles. The van der Waals surface area contributed by atoms with E-state index in [1.807, 2.05) is 6.20 Å². The van der Waals surface area contributed by atoms with Gasteiger partial charge in [0.2, 0.25) is 0 Å². The maximum atomic E-state index is 4.51. The molecular weight excluding hydrogens is 268 g/mol. The molecule has 0 bridgehead atoms. The maximum absolute atomic E-state index is 4.51. The molecule has 0 radical (unpaired) electrons. The van der Waals surface area contributed by atoms with Gasteiger partial charge >= 0.3 is 0 Å². The summed E-state index contributed by atoms with van der Waals surface area (Å²) < 4.78 is 0. The molecule has 0 fully saturated rings. The topological polar surface area (TPSA) is 31.4 Å². The summed E-state index contributed by atoms with van der Waals surface area (Å²) in [5, 5.41) is 4.67. The number of nitrogens with one attached hydrogen (secondary N) is 1. The van der Waals surface area contributed by atoms with Gasteiger partial charge < -0.3 is 15.1 Å². The highest BCUT2D eigenvalue weighted by molar-refractivity contribution is 7.15. The summed E-state index contributed by atoms with van der Waals surface area (Å²) in [5.41, 5.74) is 0. The fraction of sp³-hybridized carbons (Fsp3) is 0.800. The van der Waals surface area contributed by atoms with Crippen molar-refractivity contribution in [3.8, 4) is 0 Å². The Morgan fingerprint density at radius 3 is 2.45 bits per heavy atom. The summed E-state index contributed by atoms with van der Waals surface area (Å²) in [6.07, 6.45) is 3.24. The molecule has 0 aliphatic heterocycles. The molecule has 1 N–H and O–H groups in total. The van der Waals surface area contributed by atoms with Gasteiger partial charge in [0, 0.05) is 43.8 Å². The predicted molar refractivity (Wildman–Crippen MR) is 89.8 cm³/mol. The van der Waals surface area contributed by atoms with Crippen LogP contribution in [0.1, 0.15) is 39.0 Å². The number of hydrogen-bond donors (Lipinski definition) is 1. The lowest BCUT2D eigenvalue weighted by Crippen LogP contribution is -2.32. The monoisotopic (exact) mass is 298 g/mol. The lowest BCUT2D eigenvalue weighted by molar-refractivity contribution is 0.287. The van der Waals surface area contributed by atoms with E-state index in [9.17, 15) is 0 Å². The van der Waals surface area contributed by atoms with E-state index in [1.165, 1.54) is 17.8 Å². The molecule has 1 heterocycles. The van der Waals surface area contributed by atoms with Crippen molar-refractivity contribution in [2.75, 3.05) is 44.2 Å². The van der Waals surface area contributed by atoms with E-state index in [-0.39, 0.29) is 0 Å². The number of thiazole rings is 1. The Labute approximate surface area is 128 Å². The van der Waals surface area contributed by atoms with Gasteiger partial charge in [-0.1, -0.05) is 13.8 Å². The van der Waals surface area contributed by atoms with Gasteiger partial charge in [0.25, 0.3) is 0 Å². The summed E-state index contributed by atoms with van der Waals surface area (Å²) in [6, 6.07) is 0. The van der Waals surface area contributed by atoms with Crippen LogP contribution in [0.4, 0.5) is 5.13 Å². The van der Waals surface area contributed by atoms with Gasteiger partial charge in [-0.2, -0.15) is 0 Å². The first-order valence-electron chi connectivity index (χ1n) is 7.87. The first kappa shape index (κ1) is 17.4. The summed E-state index contributed by atoms with van der Waals surface area (Å²) in [7, 11) is 0. The average molecular weight is 298 g/mol. The molecule has 1 aromatic rings. The molecule has 0 aliphatic carbocycles. The number of anilines is 1. The molecule has 0 saturated carbocycles. The zero-order valence-electron chi connectivity index (χ0n) is 13.5. The van der Waals surface area contributed by atoms with Crippen molar-refractivity contribution in [2.45, 2.75) is 40.7 Å². The SMILES string of the molecule is CCCN(CC)CCNCc1cnc(N(CC)CC)s1. The fourth-order valence-electron chi connectivity index (χ4n) is 2.21. The lowest BCUT2D eigenvalue weighted by atomic mass is 10.4. The third-order valence-electron chi connectivity index (χ3n) is 3.47. The number of nitrogens with zero attached hydrogens (tertiary/aromatic N) is 3. The number of hydrogen-bond acceptors (Lipinski definition) is 5. The van der Waals surface area contributed by atoms with Gasteiger partial charge in [-0.25, -0.2) is 4.98 Å². The molecule has 4 nitrogen and oxygen atoms in total. The van der Waals surface area contributed by atoms with E-state index in [0.717, 1.165) is 44.4 Å². The van der Waals surface area contributed by atoms with Crippen LogP contribution in [0.3, 0.4) is 0 Å². The quantitative estimate of drug-likeness (QED) is 0.637. The van der Waals surface area contributed by atoms with Crippen molar-refractivity contribution in [1.29, 1.82) is 0 Å². The van der Waals surface area contributed by atoms with Crippen molar-refractivity contribution < 1.29 is 0 Å². The number of rotatable bonds is 11. The lowest BCUT2D eigenvalue weighted by Gasteiger charge is -2.19. The van der Waals surface area contributed by atoms with Crippen LogP contribution in [0, 0.1) is 0 Å². The first-order chi connectivity index (χ1) is 9.74. The van der Waals surface area contributed by atoms with Crippen LogP contribution < -0.4 is 10.2 Å². The van der Waals surface area contributed by atoms with Crippen molar-refractivity contribution >= 4 is 16.5 Å². The van der Waals surface area contributed by atoms with E-state index < -0.39 is 0 Å². The Hall–Kier alpha value is -0.650. The largest absolute Gasteiger partial charge is 0.349 e. The molecule has 1 aromatic heterocycles. The number of aromatic nitrogens is 1. The standard InChI is InChI=1S/C15H30N4S/c1-5-10-18(6-2)11-9-16-12-14-13-17-15(20-14)19(7-3)8-4/h13,16H,5-12H2,1-4H3. The molecule has 0 aliphatic rings. The van der Waals surface area contributed by atoms with Crippen molar-refractivity contribution in [3.05, 3.63) is 11.1 Å². The highest BCUT2D eigenvalue weighted by atomic mass is 32.1. The molecule has 20 heavy (non-hydrogen) atoms. The molecule has 0 atom stereocenters. The first-order valence-corrected chi connectivity index (χ1v) is 8.69. The Bertz CT molecular complexity index is 349. The van der Waals surface area contributed by atoms with E-state index in [4.69, 9.17) is 0 Å². The maximum Gasteiger partial charge on any atom is 0.185 e. The fourth-order valence-corrected chi connectivity index (χ4v) is 3.22. The van der Waals surface area contributed by atoms with Gasteiger partial charge in [0.1, 0.15) is 0 Å². The summed E-state index contributed by atoms with van der Waals surface area (Å²) in [4.78, 5) is 10.6. The smallest absolute Gasteiger partial charge is 0.185 e. The second kappa shape index (κ2) is 10.1. The van der Waals surface area contributed by atoms with Crippen LogP contribution in [0.5, 0.6) is 0 Å². The molecule has 5 heteroatoms. The Morgan fingerprint density at radius 1 is 1.10 bits per heavy atom. The normalized spacial score (nSPS) is 11.2. The van der Waals surface area contributed by atoms with Gasteiger partial charge in [0.15, 0.2) is 5.13 Å². The zero-order valence-corrected chi connectivity index (χ0v) is 14.3. The second-order valence-corrected chi connectivity index (χ2v) is 5.99. The van der Waals surface area contributed by atoms with Crippen molar-refractivity contribution in [2.24, 2.45) is 0 Å². The summed E-state index contributed by atoms with van der Waals surface area (Å²) in [5.74, 6) is 0. The third-order valence-corrected chi connectivity index (χ3v) is 4.52. The Morgan fingerprint density at radius 2 is 1.85 bits per heavy atom. The van der Waals surface area contributed by atoms with Crippen molar-refractivity contribution in [3.63, 3.8) is 0 Å². The van der Waals surface area contributed by atoms with Crippen LogP contribution in [-0.2, 0) is 6.54 Å². The molecular formula is C15H30N4S. The van der Waals surface area contributed by atoms with Crippen LogP contribution in [-0.4, -0.2) is 49.2 Å². The van der Waals surface area contributed by atoms with Gasteiger partial charge in [0.05, 0.1) is 0 Å². The molecule has 0 saturated heterocycles. The van der Waals surface area contributed by atoms with Crippen molar-refractivity contribution in [1.82, 2.24) is 15.2 Å². The Balaban J connectivity index is 2.28. The Kier molecular flexibility index (Phi) is 8.82. The highest BCUT2D eigenvalue weighted by Crippen LogP contribution is 2.21. The zero-order chi connectivity index (χ0) is 14.8. The predicted octanol–water partition coefficient (Wildman–Crippen LogP) is 2.81. The van der Waals surface area contributed by atoms with Gasteiger partial charge in [-0.15, -0.1) is 11.3 Å². The summed E-state index contributed by atoms with van der Waals surface area (Å²) >= 11 is 1.80. The van der Waals surface area contributed by atoms with E-state index >= 15 is 0 Å². The molecule has 116 valence electrons. The highest BCUT2D eigenvalue weighted by Gasteiger charge is 2.07. The minimum absolute atomic E-state index is 0.933. The second-order valence-electron chi connectivity index (χ2n) is 4.89. The van der Waals surface area contributed by atoms with Gasteiger partial charge in [-0.3, -0.25) is 0 Å². The van der Waals surface area contributed by atoms with Crippen LogP contribution in [0.25, 0.3) is 0 Å². The summed E-state index contributed by atoms with van der Waals surface area (Å²) in [6.45, 7) is 16.3.